The largest absolute Gasteiger partial charge is 0.279 e. The average molecular weight is 184 g/mol. The van der Waals surface area contributed by atoms with Crippen LogP contribution in [0.25, 0.3) is 0 Å². The summed E-state index contributed by atoms with van der Waals surface area (Å²) < 4.78 is 20.5. The van der Waals surface area contributed by atoms with Gasteiger partial charge in [0.15, 0.2) is 0 Å². The smallest absolute Gasteiger partial charge is 0.228 e. The Kier molecular flexibility index (Phi) is 4.68. The van der Waals surface area contributed by atoms with E-state index in [1.165, 1.54) is 0 Å². The van der Waals surface area contributed by atoms with Gasteiger partial charge in [-0.25, -0.2) is 0 Å². The SMILES string of the molecule is Cl.O=S(=O)=C1CCCCN1. The summed E-state index contributed by atoms with van der Waals surface area (Å²) in [5.41, 5.74) is 0. The fourth-order valence-corrected chi connectivity index (χ4v) is 1.40. The molecule has 0 bridgehead atoms. The molecule has 0 atom stereocenters. The maximum atomic E-state index is 10.3. The molecule has 60 valence electrons. The lowest BCUT2D eigenvalue weighted by atomic mass is 10.2. The Bertz CT molecular complexity index is 206. The Balaban J connectivity index is 0.000000810. The second-order valence-electron chi connectivity index (χ2n) is 2.04. The number of nitrogens with one attached hydrogen (secondary N) is 1. The predicted molar refractivity (Wildman–Crippen MR) is 43.0 cm³/mol. The number of hydrogen-bond donors (Lipinski definition) is 1. The Morgan fingerprint density at radius 1 is 1.30 bits per heavy atom. The molecule has 1 rings (SSSR count). The van der Waals surface area contributed by atoms with E-state index in [1.807, 2.05) is 0 Å². The third-order valence-electron chi connectivity index (χ3n) is 1.35. The summed E-state index contributed by atoms with van der Waals surface area (Å²) in [7, 11) is -2.00. The molecule has 10 heavy (non-hydrogen) atoms. The van der Waals surface area contributed by atoms with Crippen LogP contribution in [0.2, 0.25) is 0 Å². The second kappa shape index (κ2) is 4.71. The molecule has 1 saturated heterocycles. The molecule has 0 aromatic heterocycles. The van der Waals surface area contributed by atoms with Crippen LogP contribution in [0.5, 0.6) is 0 Å². The monoisotopic (exact) mass is 183 g/mol. The van der Waals surface area contributed by atoms with Gasteiger partial charge >= 0.3 is 0 Å². The highest BCUT2D eigenvalue weighted by Crippen LogP contribution is 1.99. The number of rotatable bonds is 0. The number of piperidine rings is 1. The highest BCUT2D eigenvalue weighted by Gasteiger charge is 2.05. The fraction of sp³-hybridized carbons (Fsp3) is 0.800. The van der Waals surface area contributed by atoms with Crippen LogP contribution in [-0.4, -0.2) is 20.0 Å². The van der Waals surface area contributed by atoms with Crippen LogP contribution in [0, 0.1) is 0 Å². The first-order valence-corrected chi connectivity index (χ1v) is 4.07. The summed E-state index contributed by atoms with van der Waals surface area (Å²) in [5.74, 6) is 0. The molecule has 5 heteroatoms. The van der Waals surface area contributed by atoms with Crippen LogP contribution in [0.4, 0.5) is 0 Å². The van der Waals surface area contributed by atoms with E-state index in [4.69, 9.17) is 0 Å². The Hall–Kier alpha value is -0.0600. The minimum atomic E-state index is -2.00. The van der Waals surface area contributed by atoms with Crippen molar-refractivity contribution in [3.63, 3.8) is 0 Å². The van der Waals surface area contributed by atoms with Gasteiger partial charge in [-0.2, -0.15) is 8.42 Å². The van der Waals surface area contributed by atoms with Gasteiger partial charge in [0.1, 0.15) is 4.99 Å². The van der Waals surface area contributed by atoms with Gasteiger partial charge in [0.25, 0.3) is 0 Å². The van der Waals surface area contributed by atoms with Crippen molar-refractivity contribution in [1.29, 1.82) is 0 Å². The van der Waals surface area contributed by atoms with Crippen LogP contribution in [-0.2, 0) is 10.3 Å². The molecule has 0 spiro atoms. The van der Waals surface area contributed by atoms with Gasteiger partial charge < -0.3 is 0 Å². The van der Waals surface area contributed by atoms with Gasteiger partial charge in [0.2, 0.25) is 10.3 Å². The maximum absolute atomic E-state index is 10.3. The molecular weight excluding hydrogens is 174 g/mol. The van der Waals surface area contributed by atoms with E-state index in [2.05, 4.69) is 5.32 Å². The normalized spacial score (nSPS) is 17.8. The minimum absolute atomic E-state index is 0. The van der Waals surface area contributed by atoms with E-state index >= 15 is 0 Å². The average Bonchev–Trinajstić information content (AvgIpc) is 1.90. The molecule has 0 aromatic rings. The molecule has 0 unspecified atom stereocenters. The summed E-state index contributed by atoms with van der Waals surface area (Å²) in [6.07, 6.45) is 2.77. The summed E-state index contributed by atoms with van der Waals surface area (Å²) in [6, 6.07) is 0. The Morgan fingerprint density at radius 2 is 2.00 bits per heavy atom. The summed E-state index contributed by atoms with van der Waals surface area (Å²) in [6.45, 7) is 0.809. The van der Waals surface area contributed by atoms with Crippen LogP contribution >= 0.6 is 12.4 Å². The van der Waals surface area contributed by atoms with E-state index in [0.29, 0.717) is 11.4 Å². The first-order valence-electron chi connectivity index (χ1n) is 2.99. The number of hydrogen-bond acceptors (Lipinski definition) is 2. The topological polar surface area (TPSA) is 46.2 Å². The first kappa shape index (κ1) is 9.94. The first-order chi connectivity index (χ1) is 4.30. The molecule has 1 heterocycles. The molecule has 1 aliphatic heterocycles. The van der Waals surface area contributed by atoms with E-state index in [1.54, 1.807) is 0 Å². The zero-order chi connectivity index (χ0) is 6.69. The highest BCUT2D eigenvalue weighted by molar-refractivity contribution is 7.72. The van der Waals surface area contributed by atoms with Crippen LogP contribution in [0.3, 0.4) is 0 Å². The molecule has 0 saturated carbocycles. The van der Waals surface area contributed by atoms with E-state index in [-0.39, 0.29) is 12.4 Å². The van der Waals surface area contributed by atoms with Crippen LogP contribution in [0.15, 0.2) is 0 Å². The Morgan fingerprint density at radius 3 is 2.30 bits per heavy atom. The molecule has 0 aromatic carbocycles. The zero-order valence-electron chi connectivity index (χ0n) is 5.46. The minimum Gasteiger partial charge on any atom is -0.279 e. The third-order valence-corrected chi connectivity index (χ3v) is 2.10. The van der Waals surface area contributed by atoms with Crippen molar-refractivity contribution < 1.29 is 8.42 Å². The predicted octanol–water partition coefficient (Wildman–Crippen LogP) is 0.191. The highest BCUT2D eigenvalue weighted by atomic mass is 35.5. The zero-order valence-corrected chi connectivity index (χ0v) is 7.09. The molecular formula is C5H10ClNO2S. The molecule has 1 fully saturated rings. The van der Waals surface area contributed by atoms with E-state index < -0.39 is 10.3 Å². The maximum Gasteiger partial charge on any atom is 0.228 e. The quantitative estimate of drug-likeness (QED) is 0.546. The second-order valence-corrected chi connectivity index (χ2v) is 3.00. The molecule has 1 aliphatic rings. The van der Waals surface area contributed by atoms with Crippen molar-refractivity contribution in [2.24, 2.45) is 0 Å². The van der Waals surface area contributed by atoms with Gasteiger partial charge in [-0.1, -0.05) is 0 Å². The van der Waals surface area contributed by atoms with Gasteiger partial charge in [-0.3, -0.25) is 5.32 Å². The summed E-state index contributed by atoms with van der Waals surface area (Å²) in [4.78, 5) is 0.473. The third kappa shape index (κ3) is 2.68. The van der Waals surface area contributed by atoms with Crippen LogP contribution in [0.1, 0.15) is 19.3 Å². The molecule has 1 N–H and O–H groups in total. The van der Waals surface area contributed by atoms with Crippen molar-refractivity contribution in [3.8, 4) is 0 Å². The van der Waals surface area contributed by atoms with Crippen molar-refractivity contribution in [3.05, 3.63) is 0 Å². The standard InChI is InChI=1S/C5H9NO2S.ClH/c7-9(8)5-3-1-2-4-6-5;/h6H,1-4H2;1H. The van der Waals surface area contributed by atoms with Crippen LogP contribution < -0.4 is 5.32 Å². The van der Waals surface area contributed by atoms with Crippen molar-refractivity contribution >= 4 is 27.7 Å². The molecule has 0 amide bonds. The van der Waals surface area contributed by atoms with E-state index in [0.717, 1.165) is 19.4 Å². The van der Waals surface area contributed by atoms with Crippen molar-refractivity contribution in [2.75, 3.05) is 6.54 Å². The van der Waals surface area contributed by atoms with Crippen molar-refractivity contribution in [1.82, 2.24) is 5.32 Å². The van der Waals surface area contributed by atoms with Gasteiger partial charge in [-0.05, 0) is 19.3 Å². The fourth-order valence-electron chi connectivity index (χ4n) is 0.869. The molecule has 0 radical (unpaired) electrons. The molecule has 0 aliphatic carbocycles. The van der Waals surface area contributed by atoms with Gasteiger partial charge in [0.05, 0.1) is 0 Å². The summed E-state index contributed by atoms with van der Waals surface area (Å²) >= 11 is 0. The summed E-state index contributed by atoms with van der Waals surface area (Å²) in [5, 5.41) is 2.82. The van der Waals surface area contributed by atoms with Gasteiger partial charge in [0, 0.05) is 6.54 Å². The lowest BCUT2D eigenvalue weighted by molar-refractivity contribution is 0.621. The van der Waals surface area contributed by atoms with E-state index in [9.17, 15) is 8.42 Å². The van der Waals surface area contributed by atoms with Gasteiger partial charge in [-0.15, -0.1) is 12.4 Å². The number of halogens is 1. The Labute approximate surface area is 67.8 Å². The van der Waals surface area contributed by atoms with Crippen molar-refractivity contribution in [2.45, 2.75) is 19.3 Å². The molecule has 3 nitrogen and oxygen atoms in total. The lowest BCUT2D eigenvalue weighted by Crippen LogP contribution is -2.29. The lowest BCUT2D eigenvalue weighted by Gasteiger charge is -2.09.